The summed E-state index contributed by atoms with van der Waals surface area (Å²) in [4.78, 5) is 16.5. The van der Waals surface area contributed by atoms with Crippen LogP contribution in [0.3, 0.4) is 0 Å². The summed E-state index contributed by atoms with van der Waals surface area (Å²) < 4.78 is 1.34. The maximum atomic E-state index is 13.2. The van der Waals surface area contributed by atoms with E-state index in [0.717, 1.165) is 63.0 Å². The lowest BCUT2D eigenvalue weighted by molar-refractivity contribution is 0.0955. The molecule has 5 heteroatoms. The molecule has 1 heterocycles. The summed E-state index contributed by atoms with van der Waals surface area (Å²) in [5.74, 6) is 0.656. The van der Waals surface area contributed by atoms with Gasteiger partial charge in [0, 0.05) is 6.54 Å². The summed E-state index contributed by atoms with van der Waals surface area (Å²) in [5, 5.41) is 3.23. The van der Waals surface area contributed by atoms with Crippen molar-refractivity contribution in [1.82, 2.24) is 10.2 Å². The smallest absolute Gasteiger partial charge is 0.261 e. The van der Waals surface area contributed by atoms with Crippen molar-refractivity contribution >= 4 is 29.0 Å². The number of thiophene rings is 1. The van der Waals surface area contributed by atoms with Crippen molar-refractivity contribution in [2.24, 2.45) is 5.92 Å². The van der Waals surface area contributed by atoms with E-state index >= 15 is 0 Å². The molecule has 2 aliphatic carbocycles. The lowest BCUT2D eigenvalue weighted by atomic mass is 9.88. The molecule has 0 radical (unpaired) electrons. The molecule has 0 bridgehead atoms. The number of thioether (sulfide) groups is 1. The number of rotatable bonds is 10. The molecule has 0 spiro atoms. The van der Waals surface area contributed by atoms with Crippen molar-refractivity contribution in [1.29, 1.82) is 0 Å². The van der Waals surface area contributed by atoms with Crippen LogP contribution in [0.5, 0.6) is 0 Å². The van der Waals surface area contributed by atoms with Gasteiger partial charge in [0.25, 0.3) is 5.91 Å². The molecule has 1 aromatic rings. The number of hydrogen-bond acceptors (Lipinski definition) is 4. The quantitative estimate of drug-likeness (QED) is 0.179. The summed E-state index contributed by atoms with van der Waals surface area (Å²) in [5.41, 5.74) is 4.24. The van der Waals surface area contributed by atoms with E-state index in [1.807, 2.05) is 11.8 Å². The van der Waals surface area contributed by atoms with E-state index in [4.69, 9.17) is 0 Å². The summed E-state index contributed by atoms with van der Waals surface area (Å²) >= 11 is 3.53. The first-order chi connectivity index (χ1) is 15.6. The number of allylic oxidation sites excluding steroid dienone is 6. The van der Waals surface area contributed by atoms with Crippen molar-refractivity contribution in [3.8, 4) is 0 Å². The Hall–Kier alpha value is -1.30. The topological polar surface area (TPSA) is 32.3 Å². The van der Waals surface area contributed by atoms with Gasteiger partial charge in [-0.1, -0.05) is 37.3 Å². The molecule has 0 aromatic carbocycles. The van der Waals surface area contributed by atoms with Gasteiger partial charge in [0.2, 0.25) is 0 Å². The molecule has 2 aliphatic rings. The fourth-order valence-electron chi connectivity index (χ4n) is 4.78. The average Bonchev–Trinajstić information content (AvgIpc) is 2.95. The molecular weight excluding hydrogens is 432 g/mol. The Kier molecular flexibility index (Phi) is 10.6. The van der Waals surface area contributed by atoms with E-state index in [0.29, 0.717) is 5.92 Å². The Bertz CT molecular complexity index is 837. The zero-order valence-corrected chi connectivity index (χ0v) is 21.8. The van der Waals surface area contributed by atoms with Gasteiger partial charge in [0.15, 0.2) is 0 Å². The third kappa shape index (κ3) is 7.10. The van der Waals surface area contributed by atoms with Gasteiger partial charge in [-0.2, -0.15) is 0 Å². The molecule has 3 nitrogen and oxygen atoms in total. The van der Waals surface area contributed by atoms with Crippen LogP contribution in [0, 0.1) is 5.92 Å². The van der Waals surface area contributed by atoms with E-state index in [9.17, 15) is 4.79 Å². The number of amides is 1. The monoisotopic (exact) mass is 472 g/mol. The maximum Gasteiger partial charge on any atom is 0.261 e. The maximum absolute atomic E-state index is 13.2. The van der Waals surface area contributed by atoms with Crippen LogP contribution >= 0.6 is 23.1 Å². The predicted molar refractivity (Wildman–Crippen MR) is 141 cm³/mol. The minimum atomic E-state index is 0.138. The van der Waals surface area contributed by atoms with E-state index in [1.54, 1.807) is 11.3 Å². The van der Waals surface area contributed by atoms with E-state index in [2.05, 4.69) is 60.8 Å². The zero-order valence-electron chi connectivity index (χ0n) is 20.1. The van der Waals surface area contributed by atoms with Crippen LogP contribution in [0.4, 0.5) is 0 Å². The Labute approximate surface area is 203 Å². The highest BCUT2D eigenvalue weighted by Crippen LogP contribution is 2.41. The molecule has 1 atom stereocenters. The molecule has 3 rings (SSSR count). The van der Waals surface area contributed by atoms with Crippen molar-refractivity contribution in [2.45, 2.75) is 68.9 Å². The summed E-state index contributed by atoms with van der Waals surface area (Å²) in [6, 6.07) is 0. The van der Waals surface area contributed by atoms with Gasteiger partial charge in [-0.3, -0.25) is 4.79 Å². The molecule has 0 aliphatic heterocycles. The first kappa shape index (κ1) is 25.3. The second kappa shape index (κ2) is 13.4. The van der Waals surface area contributed by atoms with Crippen LogP contribution in [-0.2, 0) is 12.8 Å². The Morgan fingerprint density at radius 1 is 1.19 bits per heavy atom. The van der Waals surface area contributed by atoms with Gasteiger partial charge in [-0.25, -0.2) is 0 Å². The molecule has 32 heavy (non-hydrogen) atoms. The van der Waals surface area contributed by atoms with Crippen molar-refractivity contribution in [3.63, 3.8) is 0 Å². The Balaban J connectivity index is 1.67. The second-order valence-corrected chi connectivity index (χ2v) is 11.1. The minimum absolute atomic E-state index is 0.138. The highest BCUT2D eigenvalue weighted by Gasteiger charge is 2.28. The number of unbranched alkanes of at least 4 members (excludes halogenated alkanes) is 1. The van der Waals surface area contributed by atoms with E-state index in [1.165, 1.54) is 40.2 Å². The standard InChI is InChI=1S/C27H40N2OS2/c1-4-18-29(2)19-11-10-17-28-26(30)25-24-20-22(21-13-8-6-5-7-9-14-21)15-12-16-23(24)27(31-3)32-25/h5-6,9,13-14,22H,4,7-8,10-12,15-20H2,1-3H3,(H,28,30)/b6-5-,14-9-,21-13+. The van der Waals surface area contributed by atoms with Crippen molar-refractivity contribution in [2.75, 3.05) is 32.9 Å². The summed E-state index contributed by atoms with van der Waals surface area (Å²) in [6.45, 7) is 5.24. The van der Waals surface area contributed by atoms with Crippen molar-refractivity contribution in [3.05, 3.63) is 52.0 Å². The molecule has 1 aromatic heterocycles. The van der Waals surface area contributed by atoms with Gasteiger partial charge in [0.1, 0.15) is 0 Å². The van der Waals surface area contributed by atoms with Gasteiger partial charge < -0.3 is 10.2 Å². The van der Waals surface area contributed by atoms with Gasteiger partial charge in [-0.15, -0.1) is 23.1 Å². The van der Waals surface area contributed by atoms with Crippen molar-refractivity contribution < 1.29 is 4.79 Å². The highest BCUT2D eigenvalue weighted by molar-refractivity contribution is 8.00. The second-order valence-electron chi connectivity index (χ2n) is 8.99. The number of hydrogen-bond donors (Lipinski definition) is 1. The summed E-state index contributed by atoms with van der Waals surface area (Å²) in [7, 11) is 2.18. The molecule has 1 amide bonds. The molecular formula is C27H40N2OS2. The molecule has 0 saturated heterocycles. The lowest BCUT2D eigenvalue weighted by Crippen LogP contribution is -2.26. The zero-order chi connectivity index (χ0) is 22.8. The molecule has 1 unspecified atom stereocenters. The molecule has 0 saturated carbocycles. The van der Waals surface area contributed by atoms with E-state index in [-0.39, 0.29) is 5.91 Å². The number of carbonyl (C=O) groups is 1. The van der Waals surface area contributed by atoms with Crippen LogP contribution < -0.4 is 5.32 Å². The predicted octanol–water partition coefficient (Wildman–Crippen LogP) is 6.65. The van der Waals surface area contributed by atoms with Crippen LogP contribution in [0.1, 0.15) is 72.7 Å². The van der Waals surface area contributed by atoms with Crippen LogP contribution in [0.2, 0.25) is 0 Å². The summed E-state index contributed by atoms with van der Waals surface area (Å²) in [6.07, 6.45) is 23.6. The average molecular weight is 473 g/mol. The lowest BCUT2D eigenvalue weighted by Gasteiger charge is -2.18. The van der Waals surface area contributed by atoms with Crippen LogP contribution in [0.25, 0.3) is 0 Å². The number of nitrogens with one attached hydrogen (secondary N) is 1. The molecule has 1 N–H and O–H groups in total. The van der Waals surface area contributed by atoms with E-state index < -0.39 is 0 Å². The number of fused-ring (bicyclic) bond motifs is 1. The fourth-order valence-corrected chi connectivity index (χ4v) is 6.87. The molecule has 0 fully saturated rings. The van der Waals surface area contributed by atoms with Crippen LogP contribution in [-0.4, -0.2) is 43.7 Å². The third-order valence-corrected chi connectivity index (χ3v) is 8.90. The van der Waals surface area contributed by atoms with Gasteiger partial charge >= 0.3 is 0 Å². The first-order valence-electron chi connectivity index (χ1n) is 12.3. The minimum Gasteiger partial charge on any atom is -0.351 e. The number of nitrogens with zero attached hydrogens (tertiary/aromatic N) is 1. The Morgan fingerprint density at radius 2 is 2.03 bits per heavy atom. The number of carbonyl (C=O) groups excluding carboxylic acids is 1. The highest BCUT2D eigenvalue weighted by atomic mass is 32.2. The SMILES string of the molecule is CCCN(C)CCCCNC(=O)c1sc(SC)c2c1CC(C1=C/C/C=C\C/C=C\1)CCC2. The Morgan fingerprint density at radius 3 is 2.84 bits per heavy atom. The van der Waals surface area contributed by atoms with Gasteiger partial charge in [0.05, 0.1) is 9.09 Å². The molecule has 176 valence electrons. The van der Waals surface area contributed by atoms with Gasteiger partial charge in [-0.05, 0) is 107 Å². The largest absolute Gasteiger partial charge is 0.351 e. The normalized spacial score (nSPS) is 22.2. The fraction of sp³-hybridized carbons (Fsp3) is 0.593. The third-order valence-electron chi connectivity index (χ3n) is 6.47. The first-order valence-corrected chi connectivity index (χ1v) is 14.3. The van der Waals surface area contributed by atoms with Crippen LogP contribution in [0.15, 0.2) is 40.2 Å².